The molecule has 0 aliphatic rings. The van der Waals surface area contributed by atoms with Crippen LogP contribution in [0.15, 0.2) is 52.9 Å². The maximum absolute atomic E-state index is 11.8. The van der Waals surface area contributed by atoms with Gasteiger partial charge in [0, 0.05) is 25.2 Å². The Labute approximate surface area is 157 Å². The summed E-state index contributed by atoms with van der Waals surface area (Å²) in [5.41, 5.74) is 2.28. The van der Waals surface area contributed by atoms with Gasteiger partial charge in [-0.15, -0.1) is 0 Å². The Morgan fingerprint density at radius 3 is 2.33 bits per heavy atom. The number of phenols is 1. The normalized spacial score (nSPS) is 10.5. The number of carbonyl (C=O) groups excluding carboxylic acids is 1. The molecule has 1 heterocycles. The molecule has 0 radical (unpaired) electrons. The molecular formula is C20H21N3O4. The molecule has 0 bridgehead atoms. The second kappa shape index (κ2) is 7.82. The van der Waals surface area contributed by atoms with Crippen LogP contribution < -0.4 is 10.1 Å². The molecule has 7 nitrogen and oxygen atoms in total. The number of phenolic OH excluding ortho intramolecular Hbond substituents is 1. The lowest BCUT2D eigenvalue weighted by Crippen LogP contribution is -2.33. The summed E-state index contributed by atoms with van der Waals surface area (Å²) in [6, 6.07) is 13.9. The number of urea groups is 1. The highest BCUT2D eigenvalue weighted by Gasteiger charge is 2.18. The van der Waals surface area contributed by atoms with Gasteiger partial charge >= 0.3 is 6.03 Å². The summed E-state index contributed by atoms with van der Waals surface area (Å²) in [5, 5.41) is 12.3. The third-order valence-electron chi connectivity index (χ3n) is 3.96. The Hall–Kier alpha value is -3.48. The van der Waals surface area contributed by atoms with Crippen LogP contribution in [0.25, 0.3) is 22.6 Å². The number of nitrogens with one attached hydrogen (secondary N) is 1. The van der Waals surface area contributed by atoms with Crippen molar-refractivity contribution in [2.75, 3.05) is 21.2 Å². The van der Waals surface area contributed by atoms with Gasteiger partial charge in [-0.3, -0.25) is 0 Å². The number of amides is 2. The van der Waals surface area contributed by atoms with Crippen molar-refractivity contribution in [2.45, 2.75) is 6.54 Å². The van der Waals surface area contributed by atoms with Gasteiger partial charge in [-0.2, -0.15) is 0 Å². The number of carbonyl (C=O) groups is 1. The molecule has 0 saturated heterocycles. The molecule has 0 fully saturated rings. The van der Waals surface area contributed by atoms with Gasteiger partial charge in [0.2, 0.25) is 5.89 Å². The molecular weight excluding hydrogens is 346 g/mol. The van der Waals surface area contributed by atoms with Crippen molar-refractivity contribution < 1.29 is 19.1 Å². The number of ether oxygens (including phenoxy) is 1. The molecule has 0 unspecified atom stereocenters. The minimum absolute atomic E-state index is 0.165. The van der Waals surface area contributed by atoms with Crippen LogP contribution in [-0.4, -0.2) is 42.2 Å². The van der Waals surface area contributed by atoms with Gasteiger partial charge < -0.3 is 24.5 Å². The summed E-state index contributed by atoms with van der Waals surface area (Å²) in [7, 11) is 4.93. The average Bonchev–Trinajstić information content (AvgIpc) is 3.11. The molecule has 0 aliphatic carbocycles. The average molecular weight is 367 g/mol. The van der Waals surface area contributed by atoms with Crippen LogP contribution in [0.5, 0.6) is 11.5 Å². The van der Waals surface area contributed by atoms with E-state index in [4.69, 9.17) is 9.15 Å². The standard InChI is InChI=1S/C20H21N3O4/c1-23(2)20(25)21-12-17-22-18(13-6-10-16(26-3)11-7-13)19(27-17)14-4-8-15(24)9-5-14/h4-11,24H,12H2,1-3H3,(H,21,25). The van der Waals surface area contributed by atoms with Crippen LogP contribution in [0.1, 0.15) is 5.89 Å². The lowest BCUT2D eigenvalue weighted by atomic mass is 10.1. The number of oxazole rings is 1. The minimum Gasteiger partial charge on any atom is -0.508 e. The first-order valence-electron chi connectivity index (χ1n) is 8.36. The van der Waals surface area contributed by atoms with E-state index in [-0.39, 0.29) is 18.3 Å². The lowest BCUT2D eigenvalue weighted by Gasteiger charge is -2.10. The maximum Gasteiger partial charge on any atom is 0.317 e. The Balaban J connectivity index is 1.98. The van der Waals surface area contributed by atoms with Crippen LogP contribution in [0.4, 0.5) is 4.79 Å². The fraction of sp³-hybridized carbons (Fsp3) is 0.200. The predicted molar refractivity (Wildman–Crippen MR) is 102 cm³/mol. The summed E-state index contributed by atoms with van der Waals surface area (Å²) < 4.78 is 11.1. The molecule has 1 aromatic heterocycles. The van der Waals surface area contributed by atoms with Crippen molar-refractivity contribution in [3.8, 4) is 34.1 Å². The van der Waals surface area contributed by atoms with Crippen LogP contribution in [0.2, 0.25) is 0 Å². The second-order valence-corrected chi connectivity index (χ2v) is 6.11. The van der Waals surface area contributed by atoms with E-state index in [1.807, 2.05) is 24.3 Å². The Morgan fingerprint density at radius 2 is 1.74 bits per heavy atom. The van der Waals surface area contributed by atoms with Gasteiger partial charge in [-0.1, -0.05) is 0 Å². The summed E-state index contributed by atoms with van der Waals surface area (Å²) in [5.74, 6) is 1.86. The van der Waals surface area contributed by atoms with Crippen LogP contribution >= 0.6 is 0 Å². The van der Waals surface area contributed by atoms with Crippen molar-refractivity contribution in [1.29, 1.82) is 0 Å². The van der Waals surface area contributed by atoms with Gasteiger partial charge in [-0.05, 0) is 48.5 Å². The quantitative estimate of drug-likeness (QED) is 0.721. The van der Waals surface area contributed by atoms with Crippen LogP contribution in [0, 0.1) is 0 Å². The topological polar surface area (TPSA) is 87.8 Å². The number of nitrogens with zero attached hydrogens (tertiary/aromatic N) is 2. The molecule has 0 atom stereocenters. The van der Waals surface area contributed by atoms with E-state index in [0.29, 0.717) is 17.3 Å². The fourth-order valence-corrected chi connectivity index (χ4v) is 2.50. The van der Waals surface area contributed by atoms with Crippen molar-refractivity contribution >= 4 is 6.03 Å². The highest BCUT2D eigenvalue weighted by Crippen LogP contribution is 2.34. The number of hydrogen-bond donors (Lipinski definition) is 2. The van der Waals surface area contributed by atoms with E-state index in [2.05, 4.69) is 10.3 Å². The van der Waals surface area contributed by atoms with Gasteiger partial charge in [-0.25, -0.2) is 9.78 Å². The molecule has 3 rings (SSSR count). The number of rotatable bonds is 5. The molecule has 2 amide bonds. The van der Waals surface area contributed by atoms with E-state index in [9.17, 15) is 9.90 Å². The maximum atomic E-state index is 11.8. The molecule has 7 heteroatoms. The highest BCUT2D eigenvalue weighted by atomic mass is 16.5. The molecule has 0 saturated carbocycles. The van der Waals surface area contributed by atoms with Crippen LogP contribution in [0.3, 0.4) is 0 Å². The summed E-state index contributed by atoms with van der Waals surface area (Å²) in [6.45, 7) is 0.165. The van der Waals surface area contributed by atoms with Crippen molar-refractivity contribution in [3.05, 3.63) is 54.4 Å². The number of methoxy groups -OCH3 is 1. The zero-order chi connectivity index (χ0) is 19.4. The smallest absolute Gasteiger partial charge is 0.317 e. The molecule has 0 spiro atoms. The van der Waals surface area contributed by atoms with E-state index in [1.165, 1.54) is 4.90 Å². The molecule has 2 aromatic carbocycles. The molecule has 3 aromatic rings. The predicted octanol–water partition coefficient (Wildman–Crippen LogP) is 3.49. The third kappa shape index (κ3) is 4.20. The van der Waals surface area contributed by atoms with Crippen LogP contribution in [-0.2, 0) is 6.54 Å². The Bertz CT molecular complexity index is 915. The Morgan fingerprint density at radius 1 is 1.11 bits per heavy atom. The molecule has 140 valence electrons. The first kappa shape index (κ1) is 18.3. The van der Waals surface area contributed by atoms with Crippen molar-refractivity contribution in [2.24, 2.45) is 0 Å². The van der Waals surface area contributed by atoms with Gasteiger partial charge in [0.05, 0.1) is 13.7 Å². The monoisotopic (exact) mass is 367 g/mol. The SMILES string of the molecule is COc1ccc(-c2nc(CNC(=O)N(C)C)oc2-c2ccc(O)cc2)cc1. The third-order valence-corrected chi connectivity index (χ3v) is 3.96. The molecule has 27 heavy (non-hydrogen) atoms. The first-order valence-corrected chi connectivity index (χ1v) is 8.36. The largest absolute Gasteiger partial charge is 0.508 e. The number of hydrogen-bond acceptors (Lipinski definition) is 5. The Kier molecular flexibility index (Phi) is 5.30. The van der Waals surface area contributed by atoms with E-state index >= 15 is 0 Å². The van der Waals surface area contributed by atoms with Crippen molar-refractivity contribution in [1.82, 2.24) is 15.2 Å². The molecule has 2 N–H and O–H groups in total. The highest BCUT2D eigenvalue weighted by molar-refractivity contribution is 5.77. The second-order valence-electron chi connectivity index (χ2n) is 6.11. The summed E-state index contributed by atoms with van der Waals surface area (Å²) >= 11 is 0. The van der Waals surface area contributed by atoms with E-state index < -0.39 is 0 Å². The number of aromatic hydroxyl groups is 1. The summed E-state index contributed by atoms with van der Waals surface area (Å²) in [6.07, 6.45) is 0. The number of aromatic nitrogens is 1. The van der Waals surface area contributed by atoms with Gasteiger partial charge in [0.15, 0.2) is 5.76 Å². The minimum atomic E-state index is -0.231. The summed E-state index contributed by atoms with van der Waals surface area (Å²) in [4.78, 5) is 17.8. The lowest BCUT2D eigenvalue weighted by molar-refractivity contribution is 0.216. The fourth-order valence-electron chi connectivity index (χ4n) is 2.50. The number of benzene rings is 2. The van der Waals surface area contributed by atoms with Gasteiger partial charge in [0.25, 0.3) is 0 Å². The van der Waals surface area contributed by atoms with Gasteiger partial charge in [0.1, 0.15) is 17.2 Å². The first-order chi connectivity index (χ1) is 13.0. The zero-order valence-electron chi connectivity index (χ0n) is 15.4. The van der Waals surface area contributed by atoms with E-state index in [1.54, 1.807) is 45.5 Å². The van der Waals surface area contributed by atoms with Crippen molar-refractivity contribution in [3.63, 3.8) is 0 Å². The van der Waals surface area contributed by atoms with E-state index in [0.717, 1.165) is 16.9 Å². The molecule has 0 aliphatic heterocycles. The zero-order valence-corrected chi connectivity index (χ0v) is 15.4.